The van der Waals surface area contributed by atoms with E-state index in [2.05, 4.69) is 120 Å². The molecule has 0 N–H and O–H groups in total. The van der Waals surface area contributed by atoms with E-state index in [0.29, 0.717) is 0 Å². The van der Waals surface area contributed by atoms with Crippen LogP contribution in [0.1, 0.15) is 33.4 Å². The number of rotatable bonds is 6. The molecule has 0 radical (unpaired) electrons. The summed E-state index contributed by atoms with van der Waals surface area (Å²) in [6.07, 6.45) is 38.3. The highest BCUT2D eigenvalue weighted by Crippen LogP contribution is 2.25. The van der Waals surface area contributed by atoms with Gasteiger partial charge in [-0.1, -0.05) is 48.5 Å². The molecule has 0 aliphatic rings. The number of hydrogen-bond acceptors (Lipinski definition) is 11. The minimum absolute atomic E-state index is 1.00. The van der Waals surface area contributed by atoms with Gasteiger partial charge in [-0.05, 0) is 193 Å². The molecule has 0 aliphatic carbocycles. The lowest BCUT2D eigenvalue weighted by Crippen LogP contribution is -1.86. The molecule has 1 aromatic carbocycles. The van der Waals surface area contributed by atoms with Crippen molar-refractivity contribution in [3.63, 3.8) is 0 Å². The second-order valence-electron chi connectivity index (χ2n) is 17.7. The number of benzene rings is 1. The van der Waals surface area contributed by atoms with E-state index in [1.807, 2.05) is 172 Å². The first kappa shape index (κ1) is 55.6. The lowest BCUT2D eigenvalue weighted by atomic mass is 10.0. The minimum atomic E-state index is 1.00. The summed E-state index contributed by atoms with van der Waals surface area (Å²) < 4.78 is 0. The average Bonchev–Trinajstić information content (AvgIpc) is 3.50. The summed E-state index contributed by atoms with van der Waals surface area (Å²) >= 11 is 0. The second-order valence-corrected chi connectivity index (χ2v) is 17.7. The van der Waals surface area contributed by atoms with Gasteiger partial charge in [-0.25, -0.2) is 0 Å². The van der Waals surface area contributed by atoms with Gasteiger partial charge in [0.2, 0.25) is 0 Å². The quantitative estimate of drug-likeness (QED) is 0.157. The van der Waals surface area contributed by atoms with Crippen LogP contribution in [-0.4, -0.2) is 54.8 Å². The maximum Gasteiger partial charge on any atom is 0.0705 e. The van der Waals surface area contributed by atoms with Crippen LogP contribution in [0.4, 0.5) is 0 Å². The van der Waals surface area contributed by atoms with Crippen LogP contribution < -0.4 is 0 Å². The van der Waals surface area contributed by atoms with E-state index in [-0.39, 0.29) is 0 Å². The van der Waals surface area contributed by atoms with E-state index in [0.717, 1.165) is 33.5 Å². The van der Waals surface area contributed by atoms with Gasteiger partial charge in [-0.15, -0.1) is 0 Å². The third-order valence-electron chi connectivity index (χ3n) is 12.1. The largest absolute Gasteiger partial charge is 0.265 e. The highest BCUT2D eigenvalue weighted by Gasteiger charge is 2.04. The van der Waals surface area contributed by atoms with Gasteiger partial charge in [0, 0.05) is 158 Å². The fourth-order valence-electron chi connectivity index (χ4n) is 7.93. The molecule has 12 aromatic rings. The third-order valence-corrected chi connectivity index (χ3v) is 12.1. The summed E-state index contributed by atoms with van der Waals surface area (Å²) in [7, 11) is 0. The Balaban J connectivity index is 0.000000136. The number of aryl methyl sites for hydroxylation is 6. The smallest absolute Gasteiger partial charge is 0.0705 e. The lowest BCUT2D eigenvalue weighted by molar-refractivity contribution is 1.24. The molecule has 11 nitrogen and oxygen atoms in total. The Hall–Kier alpha value is -10.1. The Morgan fingerprint density at radius 3 is 0.936 bits per heavy atom. The molecule has 0 saturated heterocycles. The van der Waals surface area contributed by atoms with Crippen LogP contribution in [0, 0.1) is 41.5 Å². The van der Waals surface area contributed by atoms with Gasteiger partial charge in [0.15, 0.2) is 0 Å². The molecule has 0 bridgehead atoms. The number of hydrogen-bond donors (Lipinski definition) is 0. The molecule has 0 spiro atoms. The summed E-state index contributed by atoms with van der Waals surface area (Å²) in [6.45, 7) is 12.4. The van der Waals surface area contributed by atoms with Crippen molar-refractivity contribution < 1.29 is 0 Å². The molecule has 0 saturated carbocycles. The Bertz CT molecular complexity index is 3000. The third kappa shape index (κ3) is 17.0. The number of nitrogens with zero attached hydrogens (tertiary/aromatic N) is 11. The summed E-state index contributed by atoms with van der Waals surface area (Å²) in [4.78, 5) is 44.8. The van der Waals surface area contributed by atoms with E-state index < -0.39 is 0 Å². The first-order valence-electron chi connectivity index (χ1n) is 25.3. The highest BCUT2D eigenvalue weighted by atomic mass is 14.7. The highest BCUT2D eigenvalue weighted by molar-refractivity contribution is 5.69. The van der Waals surface area contributed by atoms with Crippen LogP contribution in [0.25, 0.3) is 66.9 Å². The lowest BCUT2D eigenvalue weighted by Gasteiger charge is -2.03. The molecule has 78 heavy (non-hydrogen) atoms. The molecule has 384 valence electrons. The van der Waals surface area contributed by atoms with Crippen molar-refractivity contribution in [2.45, 2.75) is 41.5 Å². The van der Waals surface area contributed by atoms with E-state index in [1.54, 1.807) is 68.2 Å². The molecule has 0 unspecified atom stereocenters. The van der Waals surface area contributed by atoms with Gasteiger partial charge < -0.3 is 0 Å². The summed E-state index contributed by atoms with van der Waals surface area (Å²) in [5, 5.41) is 0. The van der Waals surface area contributed by atoms with Crippen LogP contribution in [0.15, 0.2) is 264 Å². The molecular weight excluding hydrogens is 959 g/mol. The molecule has 0 fully saturated rings. The summed E-state index contributed by atoms with van der Waals surface area (Å²) in [5.74, 6) is 0. The van der Waals surface area contributed by atoms with Gasteiger partial charge in [0.25, 0.3) is 0 Å². The van der Waals surface area contributed by atoms with Crippen LogP contribution in [0.5, 0.6) is 0 Å². The van der Waals surface area contributed by atoms with Crippen molar-refractivity contribution in [3.05, 3.63) is 297 Å². The van der Waals surface area contributed by atoms with Gasteiger partial charge in [0.1, 0.15) is 0 Å². The fraction of sp³-hybridized carbons (Fsp3) is 0.0896. The number of pyridine rings is 11. The van der Waals surface area contributed by atoms with Crippen molar-refractivity contribution in [1.29, 1.82) is 0 Å². The van der Waals surface area contributed by atoms with Crippen LogP contribution in [0.2, 0.25) is 0 Å². The SMILES string of the molecule is Cc1ccncc1-c1cccnc1.Cc1ccncc1-c1ccncc1.Cc1cnccc1-c1ccccc1.Cc1cnccc1-c1ccccn1.Cc1cnccc1-c1cccnc1.Cc1cnccc1-c1ccncc1. The Morgan fingerprint density at radius 2 is 0.526 bits per heavy atom. The van der Waals surface area contributed by atoms with Crippen molar-refractivity contribution in [1.82, 2.24) is 54.8 Å². The van der Waals surface area contributed by atoms with Gasteiger partial charge in [-0.3, -0.25) is 54.8 Å². The normalized spacial score (nSPS) is 9.92. The topological polar surface area (TPSA) is 142 Å². The average molecular weight is 1020 g/mol. The molecule has 11 aromatic heterocycles. The van der Waals surface area contributed by atoms with Gasteiger partial charge >= 0.3 is 0 Å². The van der Waals surface area contributed by atoms with Gasteiger partial charge in [-0.2, -0.15) is 0 Å². The first-order valence-corrected chi connectivity index (χ1v) is 25.3. The molecule has 0 aliphatic heterocycles. The molecule has 12 rings (SSSR count). The van der Waals surface area contributed by atoms with Crippen molar-refractivity contribution in [2.24, 2.45) is 0 Å². The predicted octanol–water partition coefficient (Wildman–Crippen LogP) is 15.3. The minimum Gasteiger partial charge on any atom is -0.265 e. The first-order chi connectivity index (χ1) is 38.3. The Morgan fingerprint density at radius 1 is 0.192 bits per heavy atom. The fourth-order valence-corrected chi connectivity index (χ4v) is 7.93. The standard InChI is InChI=1S/C12H11N.5C11H10N2/c1-10-9-13-8-7-12(10)11-5-3-2-4-6-11;1-9-8-13-7-4-11(9)10-2-5-12-6-3-10;1-9-2-5-13-8-11(9)10-3-6-12-7-4-10;1-9-7-13-6-4-11(9)10-3-2-5-12-8-10;1-9-4-6-13-8-11(9)10-3-2-5-12-7-10;1-9-8-12-7-5-10(9)11-4-2-3-6-13-11/h2-9H,1H3;5*2-8H,1H3. The Kier molecular flexibility index (Phi) is 21.6. The van der Waals surface area contributed by atoms with E-state index in [4.69, 9.17) is 0 Å². The second kappa shape index (κ2) is 30.3. The summed E-state index contributed by atoms with van der Waals surface area (Å²) in [6, 6.07) is 44.3. The van der Waals surface area contributed by atoms with E-state index in [9.17, 15) is 0 Å². The molecule has 0 atom stereocenters. The number of aromatic nitrogens is 11. The molecular formula is C67H61N11. The monoisotopic (exact) mass is 1020 g/mol. The van der Waals surface area contributed by atoms with E-state index >= 15 is 0 Å². The van der Waals surface area contributed by atoms with Crippen molar-refractivity contribution in [2.75, 3.05) is 0 Å². The maximum atomic E-state index is 4.28. The van der Waals surface area contributed by atoms with Gasteiger partial charge in [0.05, 0.1) is 5.69 Å². The zero-order valence-corrected chi connectivity index (χ0v) is 44.7. The van der Waals surface area contributed by atoms with Crippen molar-refractivity contribution in [3.8, 4) is 66.9 Å². The zero-order chi connectivity index (χ0) is 54.6. The van der Waals surface area contributed by atoms with E-state index in [1.165, 1.54) is 66.8 Å². The van der Waals surface area contributed by atoms with Crippen LogP contribution >= 0.6 is 0 Å². The molecule has 11 heterocycles. The molecule has 0 amide bonds. The molecule has 11 heteroatoms. The van der Waals surface area contributed by atoms with Crippen molar-refractivity contribution >= 4 is 0 Å². The van der Waals surface area contributed by atoms with Crippen LogP contribution in [-0.2, 0) is 0 Å². The summed E-state index contributed by atoms with van der Waals surface area (Å²) in [5.41, 5.74) is 21.2. The maximum absolute atomic E-state index is 4.28. The predicted molar refractivity (Wildman–Crippen MR) is 315 cm³/mol. The van der Waals surface area contributed by atoms with Crippen LogP contribution in [0.3, 0.4) is 0 Å². The zero-order valence-electron chi connectivity index (χ0n) is 44.7. The Labute approximate surface area is 458 Å².